The number of nitrogens with zero attached hydrogens (tertiary/aromatic N) is 1. The Morgan fingerprint density at radius 2 is 1.95 bits per heavy atom. The molecule has 1 N–H and O–H groups in total. The summed E-state index contributed by atoms with van der Waals surface area (Å²) in [4.78, 5) is 12.3. The quantitative estimate of drug-likeness (QED) is 0.932. The Morgan fingerprint density at radius 1 is 1.25 bits per heavy atom. The average molecular weight is 329 g/mol. The molecule has 2 aromatic rings. The van der Waals surface area contributed by atoms with Gasteiger partial charge in [0.15, 0.2) is 0 Å². The fraction of sp³-hybridized carbons (Fsp3) is 0.125. The van der Waals surface area contributed by atoms with E-state index in [0.717, 1.165) is 11.1 Å². The van der Waals surface area contributed by atoms with Crippen LogP contribution in [0, 0.1) is 18.3 Å². The molecule has 1 amide bonds. The van der Waals surface area contributed by atoms with Crippen LogP contribution in [0.15, 0.2) is 53.0 Å². The van der Waals surface area contributed by atoms with E-state index in [0.29, 0.717) is 10.0 Å². The first-order chi connectivity index (χ1) is 9.61. The third-order valence-electron chi connectivity index (χ3n) is 2.90. The average Bonchev–Trinajstić information content (AvgIpc) is 2.48. The molecule has 0 saturated heterocycles. The van der Waals surface area contributed by atoms with Gasteiger partial charge in [-0.3, -0.25) is 4.79 Å². The van der Waals surface area contributed by atoms with Gasteiger partial charge in [0.2, 0.25) is 0 Å². The smallest absolute Gasteiger partial charge is 0.253 e. The lowest BCUT2D eigenvalue weighted by atomic mass is 10.1. The Labute approximate surface area is 126 Å². The van der Waals surface area contributed by atoms with Crippen molar-refractivity contribution in [1.29, 1.82) is 5.26 Å². The number of benzene rings is 2. The van der Waals surface area contributed by atoms with Crippen LogP contribution in [0.2, 0.25) is 0 Å². The minimum absolute atomic E-state index is 0.268. The maximum atomic E-state index is 12.3. The van der Waals surface area contributed by atoms with E-state index in [-0.39, 0.29) is 5.91 Å². The molecule has 1 unspecified atom stereocenters. The zero-order valence-electron chi connectivity index (χ0n) is 10.9. The van der Waals surface area contributed by atoms with E-state index < -0.39 is 6.04 Å². The van der Waals surface area contributed by atoms with E-state index >= 15 is 0 Å². The van der Waals surface area contributed by atoms with Gasteiger partial charge in [-0.15, -0.1) is 0 Å². The predicted molar refractivity (Wildman–Crippen MR) is 81.1 cm³/mol. The van der Waals surface area contributed by atoms with Crippen molar-refractivity contribution in [2.75, 3.05) is 0 Å². The number of carbonyl (C=O) groups excluding carboxylic acids is 1. The molecular formula is C16H13BrN2O. The number of carbonyl (C=O) groups is 1. The minimum Gasteiger partial charge on any atom is -0.332 e. The Balaban J connectivity index is 2.22. The van der Waals surface area contributed by atoms with Gasteiger partial charge in [-0.25, -0.2) is 0 Å². The molecule has 0 aliphatic carbocycles. The summed E-state index contributed by atoms with van der Waals surface area (Å²) in [5.74, 6) is -0.268. The summed E-state index contributed by atoms with van der Waals surface area (Å²) < 4.78 is 0.713. The zero-order chi connectivity index (χ0) is 14.5. The highest BCUT2D eigenvalue weighted by Gasteiger charge is 2.16. The first-order valence-corrected chi connectivity index (χ1v) is 6.92. The summed E-state index contributed by atoms with van der Waals surface area (Å²) >= 11 is 3.36. The second kappa shape index (κ2) is 6.36. The molecule has 2 aromatic carbocycles. The van der Waals surface area contributed by atoms with Gasteiger partial charge < -0.3 is 5.32 Å². The standard InChI is InChI=1S/C16H13BrN2O/c1-11-7-8-14(17)13(9-11)16(20)19-15(10-18)12-5-3-2-4-6-12/h2-9,15H,1H3,(H,19,20). The van der Waals surface area contributed by atoms with E-state index in [2.05, 4.69) is 27.3 Å². The van der Waals surface area contributed by atoms with Gasteiger partial charge in [-0.05, 0) is 40.5 Å². The van der Waals surface area contributed by atoms with E-state index in [9.17, 15) is 10.1 Å². The second-order valence-electron chi connectivity index (χ2n) is 4.43. The summed E-state index contributed by atoms with van der Waals surface area (Å²) in [6, 6.07) is 16.2. The van der Waals surface area contributed by atoms with Crippen molar-refractivity contribution in [1.82, 2.24) is 5.32 Å². The van der Waals surface area contributed by atoms with E-state index in [1.165, 1.54) is 0 Å². The Kier molecular flexibility index (Phi) is 4.54. The van der Waals surface area contributed by atoms with Crippen molar-refractivity contribution in [2.45, 2.75) is 13.0 Å². The van der Waals surface area contributed by atoms with Crippen LogP contribution in [0.5, 0.6) is 0 Å². The first-order valence-electron chi connectivity index (χ1n) is 6.13. The van der Waals surface area contributed by atoms with Crippen molar-refractivity contribution in [2.24, 2.45) is 0 Å². The van der Waals surface area contributed by atoms with Crippen LogP contribution in [0.4, 0.5) is 0 Å². The molecule has 0 aromatic heterocycles. The largest absolute Gasteiger partial charge is 0.332 e. The number of nitrogens with one attached hydrogen (secondary N) is 1. The Bertz CT molecular complexity index is 662. The minimum atomic E-state index is -0.656. The number of amides is 1. The maximum Gasteiger partial charge on any atom is 0.253 e. The SMILES string of the molecule is Cc1ccc(Br)c(C(=O)NC(C#N)c2ccccc2)c1. The second-order valence-corrected chi connectivity index (χ2v) is 5.28. The maximum absolute atomic E-state index is 12.3. The lowest BCUT2D eigenvalue weighted by Crippen LogP contribution is -2.27. The summed E-state index contributed by atoms with van der Waals surface area (Å²) in [6.45, 7) is 1.92. The molecule has 2 rings (SSSR count). The lowest BCUT2D eigenvalue weighted by Gasteiger charge is -2.13. The van der Waals surface area contributed by atoms with Crippen molar-refractivity contribution < 1.29 is 4.79 Å². The molecule has 3 nitrogen and oxygen atoms in total. The highest BCUT2D eigenvalue weighted by atomic mass is 79.9. The van der Waals surface area contributed by atoms with E-state index in [1.807, 2.05) is 49.4 Å². The summed E-state index contributed by atoms with van der Waals surface area (Å²) in [7, 11) is 0. The van der Waals surface area contributed by atoms with Gasteiger partial charge in [0.05, 0.1) is 11.6 Å². The molecule has 0 heterocycles. The van der Waals surface area contributed by atoms with Gasteiger partial charge >= 0.3 is 0 Å². The number of aryl methyl sites for hydroxylation is 1. The molecule has 0 spiro atoms. The third kappa shape index (κ3) is 3.25. The monoisotopic (exact) mass is 328 g/mol. The highest BCUT2D eigenvalue weighted by Crippen LogP contribution is 2.19. The topological polar surface area (TPSA) is 52.9 Å². The van der Waals surface area contributed by atoms with E-state index in [1.54, 1.807) is 6.07 Å². The van der Waals surface area contributed by atoms with Gasteiger partial charge in [-0.2, -0.15) is 5.26 Å². The Morgan fingerprint density at radius 3 is 2.60 bits per heavy atom. The molecule has 0 radical (unpaired) electrons. The molecule has 100 valence electrons. The van der Waals surface area contributed by atoms with Crippen molar-refractivity contribution >= 4 is 21.8 Å². The third-order valence-corrected chi connectivity index (χ3v) is 3.60. The molecule has 4 heteroatoms. The fourth-order valence-corrected chi connectivity index (χ4v) is 2.28. The molecule has 0 saturated carbocycles. The number of rotatable bonds is 3. The first kappa shape index (κ1) is 14.3. The molecule has 0 aliphatic rings. The van der Waals surface area contributed by atoms with Gasteiger partial charge in [0, 0.05) is 4.47 Å². The van der Waals surface area contributed by atoms with Crippen molar-refractivity contribution in [3.63, 3.8) is 0 Å². The van der Waals surface area contributed by atoms with Crippen molar-refractivity contribution in [3.8, 4) is 6.07 Å². The number of nitriles is 1. The Hall–Kier alpha value is -2.12. The summed E-state index contributed by atoms with van der Waals surface area (Å²) in [5.41, 5.74) is 2.29. The highest BCUT2D eigenvalue weighted by molar-refractivity contribution is 9.10. The van der Waals surface area contributed by atoms with E-state index in [4.69, 9.17) is 0 Å². The van der Waals surface area contributed by atoms with Gasteiger partial charge in [0.1, 0.15) is 6.04 Å². The molecule has 0 aliphatic heterocycles. The van der Waals surface area contributed by atoms with Gasteiger partial charge in [0.25, 0.3) is 5.91 Å². The van der Waals surface area contributed by atoms with Crippen LogP contribution >= 0.6 is 15.9 Å². The van der Waals surface area contributed by atoms with Crippen LogP contribution in [0.25, 0.3) is 0 Å². The van der Waals surface area contributed by atoms with Crippen LogP contribution in [-0.4, -0.2) is 5.91 Å². The molecule has 20 heavy (non-hydrogen) atoms. The van der Waals surface area contributed by atoms with Crippen molar-refractivity contribution in [3.05, 3.63) is 69.7 Å². The zero-order valence-corrected chi connectivity index (χ0v) is 12.5. The number of hydrogen-bond acceptors (Lipinski definition) is 2. The van der Waals surface area contributed by atoms with Gasteiger partial charge in [-0.1, -0.05) is 42.0 Å². The summed E-state index contributed by atoms with van der Waals surface area (Å²) in [6.07, 6.45) is 0. The molecule has 0 bridgehead atoms. The number of hydrogen-bond donors (Lipinski definition) is 1. The molecular weight excluding hydrogens is 316 g/mol. The molecule has 0 fully saturated rings. The normalized spacial score (nSPS) is 11.4. The molecule has 1 atom stereocenters. The number of halogens is 1. The van der Waals surface area contributed by atoms with Crippen LogP contribution < -0.4 is 5.32 Å². The van der Waals surface area contributed by atoms with Crippen LogP contribution in [0.1, 0.15) is 27.5 Å². The predicted octanol–water partition coefficient (Wildman–Crippen LogP) is 3.75. The van der Waals surface area contributed by atoms with Crippen LogP contribution in [-0.2, 0) is 0 Å². The summed E-state index contributed by atoms with van der Waals surface area (Å²) in [5, 5.41) is 12.0. The fourth-order valence-electron chi connectivity index (χ4n) is 1.86. The lowest BCUT2D eigenvalue weighted by molar-refractivity contribution is 0.0944. The van der Waals surface area contributed by atoms with Crippen LogP contribution in [0.3, 0.4) is 0 Å².